The molecule has 1 aromatic rings. The summed E-state index contributed by atoms with van der Waals surface area (Å²) < 4.78 is 64.6. The van der Waals surface area contributed by atoms with Gasteiger partial charge in [0.05, 0.1) is 16.1 Å². The van der Waals surface area contributed by atoms with Gasteiger partial charge in [-0.3, -0.25) is 0 Å². The largest absolute Gasteiger partial charge is 0.417 e. The van der Waals surface area contributed by atoms with Crippen LogP contribution in [0.25, 0.3) is 0 Å². The lowest BCUT2D eigenvalue weighted by atomic mass is 10.0. The van der Waals surface area contributed by atoms with E-state index in [1.54, 1.807) is 0 Å². The molecule has 0 aliphatic rings. The highest BCUT2D eigenvalue weighted by atomic mass is 32.2. The van der Waals surface area contributed by atoms with Crippen molar-refractivity contribution in [3.63, 3.8) is 0 Å². The van der Waals surface area contributed by atoms with Gasteiger partial charge in [0, 0.05) is 6.54 Å². The molecular formula is C13H18F3NO3S. The number of sulfonamides is 1. The van der Waals surface area contributed by atoms with Crippen molar-refractivity contribution in [2.24, 2.45) is 0 Å². The van der Waals surface area contributed by atoms with Gasteiger partial charge in [-0.25, -0.2) is 13.1 Å². The number of hydrogen-bond acceptors (Lipinski definition) is 3. The summed E-state index contributed by atoms with van der Waals surface area (Å²) in [6.07, 6.45) is -3.82. The van der Waals surface area contributed by atoms with Gasteiger partial charge in [0.15, 0.2) is 0 Å². The van der Waals surface area contributed by atoms with Crippen molar-refractivity contribution >= 4 is 10.0 Å². The SMILES string of the molecule is CCCC(C)(O)CNS(=O)(=O)c1ccccc1C(F)(F)F. The summed E-state index contributed by atoms with van der Waals surface area (Å²) in [6, 6.07) is 3.93. The molecule has 0 spiro atoms. The first kappa shape index (κ1) is 17.9. The molecule has 1 atom stereocenters. The van der Waals surface area contributed by atoms with Crippen molar-refractivity contribution in [3.05, 3.63) is 29.8 Å². The highest BCUT2D eigenvalue weighted by Crippen LogP contribution is 2.33. The quantitative estimate of drug-likeness (QED) is 0.845. The average molecular weight is 325 g/mol. The fourth-order valence-electron chi connectivity index (χ4n) is 1.89. The summed E-state index contributed by atoms with van der Waals surface area (Å²) in [7, 11) is -4.36. The number of nitrogens with one attached hydrogen (secondary N) is 1. The molecule has 0 amide bonds. The molecular weight excluding hydrogens is 307 g/mol. The number of rotatable bonds is 6. The van der Waals surface area contributed by atoms with Gasteiger partial charge in [-0.1, -0.05) is 25.5 Å². The van der Waals surface area contributed by atoms with Crippen LogP contribution in [-0.2, 0) is 16.2 Å². The summed E-state index contributed by atoms with van der Waals surface area (Å²) in [5, 5.41) is 9.90. The summed E-state index contributed by atoms with van der Waals surface area (Å²) in [5.74, 6) is 0. The normalized spacial score (nSPS) is 15.7. The summed E-state index contributed by atoms with van der Waals surface area (Å²) in [5.41, 5.74) is -2.54. The second-order valence-electron chi connectivity index (χ2n) is 5.07. The first-order valence-electron chi connectivity index (χ1n) is 6.38. The fourth-order valence-corrected chi connectivity index (χ4v) is 3.28. The first-order valence-corrected chi connectivity index (χ1v) is 7.86. The Morgan fingerprint density at radius 2 is 1.81 bits per heavy atom. The Balaban J connectivity index is 3.05. The molecule has 1 unspecified atom stereocenters. The molecule has 0 aliphatic heterocycles. The minimum Gasteiger partial charge on any atom is -0.389 e. The maximum atomic E-state index is 12.8. The lowest BCUT2D eigenvalue weighted by Crippen LogP contribution is -2.40. The molecule has 8 heteroatoms. The second kappa shape index (κ2) is 6.33. The van der Waals surface area contributed by atoms with E-state index in [0.29, 0.717) is 18.9 Å². The lowest BCUT2D eigenvalue weighted by molar-refractivity contribution is -0.139. The Morgan fingerprint density at radius 1 is 1.24 bits per heavy atom. The topological polar surface area (TPSA) is 66.4 Å². The molecule has 0 aromatic heterocycles. The van der Waals surface area contributed by atoms with E-state index in [2.05, 4.69) is 0 Å². The van der Waals surface area contributed by atoms with Crippen LogP contribution < -0.4 is 4.72 Å². The number of hydrogen-bond donors (Lipinski definition) is 2. The maximum Gasteiger partial charge on any atom is 0.417 e. The van der Waals surface area contributed by atoms with Gasteiger partial charge in [0.2, 0.25) is 10.0 Å². The van der Waals surface area contributed by atoms with E-state index in [1.807, 2.05) is 11.6 Å². The van der Waals surface area contributed by atoms with Crippen LogP contribution in [0.1, 0.15) is 32.3 Å². The summed E-state index contributed by atoms with van der Waals surface area (Å²) in [4.78, 5) is -0.843. The lowest BCUT2D eigenvalue weighted by Gasteiger charge is -2.23. The Morgan fingerprint density at radius 3 is 2.33 bits per heavy atom. The standard InChI is InChI=1S/C13H18F3NO3S/c1-3-8-12(2,18)9-17-21(19,20)11-7-5-4-6-10(11)13(14,15)16/h4-7,17-18H,3,8-9H2,1-2H3. The van der Waals surface area contributed by atoms with E-state index >= 15 is 0 Å². The Kier molecular flexibility index (Phi) is 5.40. The van der Waals surface area contributed by atoms with Gasteiger partial charge in [0.1, 0.15) is 0 Å². The molecule has 0 saturated heterocycles. The van der Waals surface area contributed by atoms with Gasteiger partial charge < -0.3 is 5.11 Å². The molecule has 0 aliphatic carbocycles. The van der Waals surface area contributed by atoms with Crippen molar-refractivity contribution < 1.29 is 26.7 Å². The molecule has 1 aromatic carbocycles. The van der Waals surface area contributed by atoms with Crippen LogP contribution in [0.3, 0.4) is 0 Å². The third-order valence-electron chi connectivity index (χ3n) is 2.91. The van der Waals surface area contributed by atoms with E-state index in [1.165, 1.54) is 13.0 Å². The van der Waals surface area contributed by atoms with Crippen LogP contribution in [-0.4, -0.2) is 25.7 Å². The molecule has 0 fully saturated rings. The van der Waals surface area contributed by atoms with Crippen molar-refractivity contribution in [2.45, 2.75) is 43.4 Å². The zero-order valence-corrected chi connectivity index (χ0v) is 12.6. The minimum absolute atomic E-state index is 0.330. The molecule has 21 heavy (non-hydrogen) atoms. The van der Waals surface area contributed by atoms with Crippen LogP contribution >= 0.6 is 0 Å². The van der Waals surface area contributed by atoms with Crippen LogP contribution in [0.15, 0.2) is 29.2 Å². The van der Waals surface area contributed by atoms with E-state index in [-0.39, 0.29) is 6.54 Å². The first-order chi connectivity index (χ1) is 9.49. The molecule has 4 nitrogen and oxygen atoms in total. The summed E-state index contributed by atoms with van der Waals surface area (Å²) in [6.45, 7) is 2.88. The minimum atomic E-state index is -4.77. The molecule has 0 radical (unpaired) electrons. The van der Waals surface area contributed by atoms with Crippen LogP contribution in [0.5, 0.6) is 0 Å². The van der Waals surface area contributed by atoms with E-state index in [9.17, 15) is 26.7 Å². The Labute approximate surface area is 122 Å². The van der Waals surface area contributed by atoms with Gasteiger partial charge in [-0.2, -0.15) is 13.2 Å². The Hall–Kier alpha value is -1.12. The van der Waals surface area contributed by atoms with E-state index < -0.39 is 32.3 Å². The molecule has 120 valence electrons. The zero-order chi connectivity index (χ0) is 16.3. The number of halogens is 3. The van der Waals surface area contributed by atoms with Crippen molar-refractivity contribution in [1.29, 1.82) is 0 Å². The highest BCUT2D eigenvalue weighted by molar-refractivity contribution is 7.89. The summed E-state index contributed by atoms with van der Waals surface area (Å²) >= 11 is 0. The monoisotopic (exact) mass is 325 g/mol. The molecule has 1 rings (SSSR count). The van der Waals surface area contributed by atoms with Gasteiger partial charge in [-0.15, -0.1) is 0 Å². The number of alkyl halides is 3. The average Bonchev–Trinajstić information content (AvgIpc) is 2.36. The van der Waals surface area contributed by atoms with Crippen molar-refractivity contribution in [2.75, 3.05) is 6.54 Å². The Bertz CT molecular complexity index is 583. The smallest absolute Gasteiger partial charge is 0.389 e. The van der Waals surface area contributed by atoms with Gasteiger partial charge in [0.25, 0.3) is 0 Å². The number of benzene rings is 1. The molecule has 0 bridgehead atoms. The van der Waals surface area contributed by atoms with Gasteiger partial charge in [-0.05, 0) is 25.5 Å². The van der Waals surface area contributed by atoms with E-state index in [4.69, 9.17) is 0 Å². The van der Waals surface area contributed by atoms with Crippen LogP contribution in [0, 0.1) is 0 Å². The molecule has 0 saturated carbocycles. The third-order valence-corrected chi connectivity index (χ3v) is 4.37. The van der Waals surface area contributed by atoms with Crippen LogP contribution in [0.4, 0.5) is 13.2 Å². The fraction of sp³-hybridized carbons (Fsp3) is 0.538. The molecule has 0 heterocycles. The number of aliphatic hydroxyl groups is 1. The van der Waals surface area contributed by atoms with Crippen molar-refractivity contribution in [3.8, 4) is 0 Å². The second-order valence-corrected chi connectivity index (χ2v) is 6.80. The maximum absolute atomic E-state index is 12.8. The predicted molar refractivity (Wildman–Crippen MR) is 72.2 cm³/mol. The van der Waals surface area contributed by atoms with Crippen molar-refractivity contribution in [1.82, 2.24) is 4.72 Å². The van der Waals surface area contributed by atoms with Crippen LogP contribution in [0.2, 0.25) is 0 Å². The predicted octanol–water partition coefficient (Wildman–Crippen LogP) is 2.53. The zero-order valence-electron chi connectivity index (χ0n) is 11.7. The third kappa shape index (κ3) is 4.98. The highest BCUT2D eigenvalue weighted by Gasteiger charge is 2.37. The van der Waals surface area contributed by atoms with E-state index in [0.717, 1.165) is 12.1 Å². The van der Waals surface area contributed by atoms with Gasteiger partial charge >= 0.3 is 6.18 Å². The molecule has 2 N–H and O–H groups in total.